The van der Waals surface area contributed by atoms with E-state index in [1.54, 1.807) is 32.7 Å². The number of fused-ring (bicyclic) bond motifs is 3. The lowest BCUT2D eigenvalue weighted by atomic mass is 10.00. The fourth-order valence-electron chi connectivity index (χ4n) is 4.36. The van der Waals surface area contributed by atoms with Gasteiger partial charge in [-0.3, -0.25) is 14.4 Å². The summed E-state index contributed by atoms with van der Waals surface area (Å²) in [6.45, 7) is 7.54. The highest BCUT2D eigenvalue weighted by Gasteiger charge is 2.30. The summed E-state index contributed by atoms with van der Waals surface area (Å²) in [7, 11) is 1.63. The van der Waals surface area contributed by atoms with E-state index < -0.39 is 17.7 Å². The zero-order valence-corrected chi connectivity index (χ0v) is 23.2. The van der Waals surface area contributed by atoms with Gasteiger partial charge in [-0.15, -0.1) is 22.0 Å². The minimum Gasteiger partial charge on any atom is -0.497 e. The molecule has 1 aliphatic rings. The Labute approximate surface area is 227 Å². The zero-order valence-electron chi connectivity index (χ0n) is 22.4. The summed E-state index contributed by atoms with van der Waals surface area (Å²) in [5.41, 5.74) is 2.26. The number of nitrogens with zero attached hydrogens (tertiary/aromatic N) is 4. The van der Waals surface area contributed by atoms with Crippen LogP contribution in [-0.2, 0) is 4.79 Å². The summed E-state index contributed by atoms with van der Waals surface area (Å²) in [5, 5.41) is 31.6. The van der Waals surface area contributed by atoms with Gasteiger partial charge in [0, 0.05) is 28.3 Å². The van der Waals surface area contributed by atoms with E-state index in [1.165, 1.54) is 0 Å². The zero-order chi connectivity index (χ0) is 27.4. The lowest BCUT2D eigenvalue weighted by Crippen LogP contribution is -2.36. The molecule has 0 spiro atoms. The lowest BCUT2D eigenvalue weighted by molar-refractivity contribution is -0.121. The third kappa shape index (κ3) is 6.09. The summed E-state index contributed by atoms with van der Waals surface area (Å²) in [5.74, 6) is 2.60. The van der Waals surface area contributed by atoms with E-state index in [2.05, 4.69) is 15.5 Å². The smallest absolute Gasteiger partial charge is 0.222 e. The van der Waals surface area contributed by atoms with Crippen LogP contribution in [0, 0.1) is 6.92 Å². The molecule has 202 valence electrons. The van der Waals surface area contributed by atoms with Crippen LogP contribution in [0.4, 0.5) is 0 Å². The number of aryl methyl sites for hydroxylation is 1. The molecule has 2 heterocycles. The monoisotopic (exact) mass is 537 g/mol. The van der Waals surface area contributed by atoms with Crippen molar-refractivity contribution in [3.63, 3.8) is 0 Å². The van der Waals surface area contributed by atoms with Crippen LogP contribution < -0.4 is 10.1 Å². The van der Waals surface area contributed by atoms with Crippen molar-refractivity contribution in [2.75, 3.05) is 19.4 Å². The molecule has 4 rings (SSSR count). The number of nitrogens with one attached hydrogen (secondary N) is 1. The minimum absolute atomic E-state index is 0.101. The van der Waals surface area contributed by atoms with Gasteiger partial charge in [-0.25, -0.2) is 0 Å². The van der Waals surface area contributed by atoms with Crippen LogP contribution in [0.5, 0.6) is 5.75 Å². The third-order valence-corrected chi connectivity index (χ3v) is 7.53. The number of ether oxygens (including phenoxy) is 1. The van der Waals surface area contributed by atoms with Crippen LogP contribution in [0.1, 0.15) is 62.4 Å². The number of carbonyl (C=O) groups is 1. The molecular formula is C28H35N5O4S. The lowest BCUT2D eigenvalue weighted by Gasteiger charge is -2.24. The molecule has 1 aliphatic heterocycles. The second kappa shape index (κ2) is 11.7. The van der Waals surface area contributed by atoms with Crippen molar-refractivity contribution >= 4 is 23.4 Å². The van der Waals surface area contributed by atoms with Crippen LogP contribution in [-0.4, -0.2) is 67.7 Å². The van der Waals surface area contributed by atoms with Crippen molar-refractivity contribution in [3.05, 3.63) is 65.2 Å². The maximum atomic E-state index is 12.6. The number of carbonyl (C=O) groups excluding carboxylic acids is 1. The van der Waals surface area contributed by atoms with Gasteiger partial charge in [-0.05, 0) is 64.4 Å². The molecule has 3 aromatic rings. The molecule has 1 amide bonds. The first-order valence-corrected chi connectivity index (χ1v) is 13.7. The molecule has 1 aromatic heterocycles. The number of aromatic nitrogens is 3. The quantitative estimate of drug-likeness (QED) is 0.338. The number of aliphatic hydroxyl groups is 2. The van der Waals surface area contributed by atoms with Gasteiger partial charge in [0.05, 0.1) is 36.6 Å². The van der Waals surface area contributed by atoms with Gasteiger partial charge in [0.15, 0.2) is 5.82 Å². The Morgan fingerprint density at radius 1 is 1.21 bits per heavy atom. The summed E-state index contributed by atoms with van der Waals surface area (Å²) in [6.07, 6.45) is -0.152. The highest BCUT2D eigenvalue weighted by Crippen LogP contribution is 2.34. The molecule has 2 atom stereocenters. The molecule has 0 aliphatic carbocycles. The van der Waals surface area contributed by atoms with Crippen molar-refractivity contribution in [2.45, 2.75) is 63.2 Å². The molecule has 0 fully saturated rings. The topological polar surface area (TPSA) is 122 Å². The molecule has 0 saturated heterocycles. The van der Waals surface area contributed by atoms with Crippen molar-refractivity contribution < 1.29 is 19.7 Å². The van der Waals surface area contributed by atoms with Crippen LogP contribution in [0.25, 0.3) is 5.69 Å². The predicted octanol–water partition coefficient (Wildman–Crippen LogP) is 3.62. The molecule has 3 N–H and O–H groups in total. The normalized spacial score (nSPS) is 15.7. The van der Waals surface area contributed by atoms with Crippen molar-refractivity contribution in [1.29, 1.82) is 0 Å². The number of hydrogen-bond donors (Lipinski definition) is 3. The van der Waals surface area contributed by atoms with E-state index in [0.717, 1.165) is 27.4 Å². The molecule has 2 unspecified atom stereocenters. The average Bonchev–Trinajstić information content (AvgIpc) is 3.21. The number of thioether (sulfide) groups is 1. The number of aliphatic hydroxyl groups excluding tert-OH is 1. The number of hydrogen-bond acceptors (Lipinski definition) is 8. The Balaban J connectivity index is 1.71. The number of aliphatic imine (C=N–C) groups is 1. The Bertz CT molecular complexity index is 1310. The standard InChI is InChI=1S/C28H35N5O4S/c1-6-29-25(35)16-22-27-32-31-17(2)33(27)23-12-9-19(37-5)15-21(23)26(30-22)18-7-10-20(11-8-18)38-14-13-24(34)28(3,4)36/h7-12,15,22,24,34,36H,6,13-14,16H2,1-5H3,(H,29,35). The van der Waals surface area contributed by atoms with Gasteiger partial charge in [0.2, 0.25) is 5.91 Å². The van der Waals surface area contributed by atoms with Crippen LogP contribution in [0.2, 0.25) is 0 Å². The fraction of sp³-hybridized carbons (Fsp3) is 0.429. The molecular weight excluding hydrogens is 502 g/mol. The first kappa shape index (κ1) is 27.8. The SMILES string of the molecule is CCNC(=O)CC1N=C(c2ccc(SCCC(O)C(C)(C)O)cc2)c2cc(OC)ccc2-n2c(C)nnc21. The number of amides is 1. The molecule has 0 radical (unpaired) electrons. The maximum Gasteiger partial charge on any atom is 0.222 e. The first-order valence-electron chi connectivity index (χ1n) is 12.7. The number of rotatable bonds is 10. The van der Waals surface area contributed by atoms with Gasteiger partial charge in [0.25, 0.3) is 0 Å². The molecule has 38 heavy (non-hydrogen) atoms. The van der Waals surface area contributed by atoms with E-state index in [9.17, 15) is 15.0 Å². The predicted molar refractivity (Wildman–Crippen MR) is 148 cm³/mol. The van der Waals surface area contributed by atoms with Gasteiger partial charge >= 0.3 is 0 Å². The van der Waals surface area contributed by atoms with Crippen LogP contribution in [0.15, 0.2) is 52.4 Å². The van der Waals surface area contributed by atoms with E-state index in [1.807, 2.05) is 60.9 Å². The molecule has 9 nitrogen and oxygen atoms in total. The molecule has 2 aromatic carbocycles. The molecule has 0 saturated carbocycles. The summed E-state index contributed by atoms with van der Waals surface area (Å²) in [6, 6.07) is 13.4. The summed E-state index contributed by atoms with van der Waals surface area (Å²) >= 11 is 1.62. The van der Waals surface area contributed by atoms with Gasteiger partial charge < -0.3 is 20.3 Å². The van der Waals surface area contributed by atoms with Crippen molar-refractivity contribution in [2.24, 2.45) is 4.99 Å². The Morgan fingerprint density at radius 2 is 1.95 bits per heavy atom. The highest BCUT2D eigenvalue weighted by atomic mass is 32.2. The highest BCUT2D eigenvalue weighted by molar-refractivity contribution is 7.99. The van der Waals surface area contributed by atoms with Crippen LogP contribution >= 0.6 is 11.8 Å². The van der Waals surface area contributed by atoms with Crippen molar-refractivity contribution in [1.82, 2.24) is 20.1 Å². The second-order valence-electron chi connectivity index (χ2n) is 9.81. The fourth-order valence-corrected chi connectivity index (χ4v) is 5.27. The average molecular weight is 538 g/mol. The third-order valence-electron chi connectivity index (χ3n) is 6.49. The number of benzene rings is 2. The largest absolute Gasteiger partial charge is 0.497 e. The molecule has 0 bridgehead atoms. The van der Waals surface area contributed by atoms with Gasteiger partial charge in [-0.2, -0.15) is 0 Å². The second-order valence-corrected chi connectivity index (χ2v) is 11.0. The minimum atomic E-state index is -1.12. The van der Waals surface area contributed by atoms with E-state index >= 15 is 0 Å². The number of methoxy groups -OCH3 is 1. The van der Waals surface area contributed by atoms with Gasteiger partial charge in [0.1, 0.15) is 17.6 Å². The summed E-state index contributed by atoms with van der Waals surface area (Å²) < 4.78 is 7.50. The maximum absolute atomic E-state index is 12.6. The van der Waals surface area contributed by atoms with Crippen molar-refractivity contribution in [3.8, 4) is 11.4 Å². The molecule has 10 heteroatoms. The van der Waals surface area contributed by atoms with E-state index in [4.69, 9.17) is 9.73 Å². The van der Waals surface area contributed by atoms with Crippen LogP contribution in [0.3, 0.4) is 0 Å². The Hall–Kier alpha value is -3.21. The van der Waals surface area contributed by atoms with Gasteiger partial charge in [-0.1, -0.05) is 12.1 Å². The Morgan fingerprint density at radius 3 is 2.61 bits per heavy atom. The van der Waals surface area contributed by atoms with E-state index in [-0.39, 0.29) is 12.3 Å². The Kier molecular flexibility index (Phi) is 8.54. The first-order chi connectivity index (χ1) is 18.1. The van der Waals surface area contributed by atoms with E-state index in [0.29, 0.717) is 36.1 Å². The summed E-state index contributed by atoms with van der Waals surface area (Å²) in [4.78, 5) is 18.8.